The Balaban J connectivity index is 1.66. The molecular formula is C23H27N3O. The van der Waals surface area contributed by atoms with Crippen molar-refractivity contribution in [2.75, 3.05) is 20.1 Å². The Hall–Kier alpha value is -2.59. The third-order valence-electron chi connectivity index (χ3n) is 6.09. The van der Waals surface area contributed by atoms with Gasteiger partial charge in [0.1, 0.15) is 0 Å². The van der Waals surface area contributed by atoms with E-state index in [9.17, 15) is 4.79 Å². The molecule has 4 rings (SSSR count). The highest BCUT2D eigenvalue weighted by Gasteiger charge is 2.32. The first-order valence-electron chi connectivity index (χ1n) is 9.58. The molecule has 0 bridgehead atoms. The smallest absolute Gasteiger partial charge is 0.248 e. The summed E-state index contributed by atoms with van der Waals surface area (Å²) < 4.78 is 0. The van der Waals surface area contributed by atoms with E-state index in [-0.39, 0.29) is 5.91 Å². The van der Waals surface area contributed by atoms with Gasteiger partial charge >= 0.3 is 0 Å². The van der Waals surface area contributed by atoms with Crippen molar-refractivity contribution in [3.05, 3.63) is 70.4 Å². The monoisotopic (exact) mass is 361 g/mol. The highest BCUT2D eigenvalue weighted by atomic mass is 16.1. The van der Waals surface area contributed by atoms with Crippen molar-refractivity contribution in [2.45, 2.75) is 26.2 Å². The van der Waals surface area contributed by atoms with Crippen molar-refractivity contribution >= 4 is 16.8 Å². The molecule has 4 nitrogen and oxygen atoms in total. The molecule has 0 saturated carbocycles. The van der Waals surface area contributed by atoms with Crippen molar-refractivity contribution in [3.63, 3.8) is 0 Å². The summed E-state index contributed by atoms with van der Waals surface area (Å²) in [7, 11) is 2.19. The molecule has 4 heteroatoms. The van der Waals surface area contributed by atoms with Crippen molar-refractivity contribution in [3.8, 4) is 0 Å². The first kappa shape index (κ1) is 17.8. The minimum Gasteiger partial charge on any atom is -0.366 e. The van der Waals surface area contributed by atoms with Gasteiger partial charge in [0.2, 0.25) is 5.91 Å². The van der Waals surface area contributed by atoms with E-state index in [2.05, 4.69) is 55.0 Å². The van der Waals surface area contributed by atoms with Gasteiger partial charge in [-0.2, -0.15) is 0 Å². The van der Waals surface area contributed by atoms with Gasteiger partial charge in [-0.25, -0.2) is 0 Å². The van der Waals surface area contributed by atoms with Crippen LogP contribution in [0, 0.1) is 19.8 Å². The number of fused-ring (bicyclic) bond motifs is 1. The van der Waals surface area contributed by atoms with E-state index in [0.717, 1.165) is 19.5 Å². The second-order valence-corrected chi connectivity index (χ2v) is 8.03. The maximum Gasteiger partial charge on any atom is 0.248 e. The van der Waals surface area contributed by atoms with Gasteiger partial charge in [0.15, 0.2) is 0 Å². The molecular weight excluding hydrogens is 334 g/mol. The standard InChI is InChI=1S/C23H27N3O/c1-14-10-15(2)22-19(8-9-25-22)20(14)11-18-12-26(3)13-21(18)16-4-6-17(7-5-16)23(24)27/h4-10,18,21,25H,11-13H2,1-3H3,(H2,24,27). The normalized spacial score (nSPS) is 20.4. The quantitative estimate of drug-likeness (QED) is 0.743. The number of nitrogens with two attached hydrogens (primary N) is 1. The summed E-state index contributed by atoms with van der Waals surface area (Å²) in [6, 6.07) is 12.4. The molecule has 1 aliphatic rings. The Morgan fingerprint density at radius 3 is 2.59 bits per heavy atom. The number of carbonyl (C=O) groups excluding carboxylic acids is 1. The molecule has 2 heterocycles. The van der Waals surface area contributed by atoms with E-state index < -0.39 is 0 Å². The largest absolute Gasteiger partial charge is 0.366 e. The third kappa shape index (κ3) is 3.26. The Kier molecular flexibility index (Phi) is 4.52. The molecule has 27 heavy (non-hydrogen) atoms. The molecule has 3 N–H and O–H groups in total. The molecule has 2 aromatic carbocycles. The number of benzene rings is 2. The topological polar surface area (TPSA) is 62.1 Å². The number of amides is 1. The van der Waals surface area contributed by atoms with E-state index in [4.69, 9.17) is 5.73 Å². The van der Waals surface area contributed by atoms with Gasteiger partial charge in [-0.3, -0.25) is 4.79 Å². The molecule has 0 spiro atoms. The summed E-state index contributed by atoms with van der Waals surface area (Å²) in [5.74, 6) is 0.646. The highest BCUT2D eigenvalue weighted by Crippen LogP contribution is 2.37. The fourth-order valence-corrected chi connectivity index (χ4v) is 4.74. The number of rotatable bonds is 4. The van der Waals surface area contributed by atoms with Crippen LogP contribution in [0.1, 0.15) is 38.5 Å². The second-order valence-electron chi connectivity index (χ2n) is 8.03. The summed E-state index contributed by atoms with van der Waals surface area (Å²) in [5.41, 5.74) is 12.6. The number of hydrogen-bond acceptors (Lipinski definition) is 2. The van der Waals surface area contributed by atoms with Crippen molar-refractivity contribution in [1.29, 1.82) is 0 Å². The molecule has 140 valence electrons. The summed E-state index contributed by atoms with van der Waals surface area (Å²) in [4.78, 5) is 17.2. The Bertz CT molecular complexity index is 987. The number of likely N-dealkylation sites (tertiary alicyclic amines) is 1. The second kappa shape index (κ2) is 6.86. The Labute approximate surface area is 160 Å². The molecule has 1 aliphatic heterocycles. The third-order valence-corrected chi connectivity index (χ3v) is 6.09. The average Bonchev–Trinajstić information content (AvgIpc) is 3.25. The lowest BCUT2D eigenvalue weighted by atomic mass is 9.82. The van der Waals surface area contributed by atoms with Crippen LogP contribution >= 0.6 is 0 Å². The van der Waals surface area contributed by atoms with Crippen molar-refractivity contribution in [1.82, 2.24) is 9.88 Å². The lowest BCUT2D eigenvalue weighted by molar-refractivity contribution is 0.100. The van der Waals surface area contributed by atoms with Gasteiger partial charge in [0.25, 0.3) is 0 Å². The number of hydrogen-bond donors (Lipinski definition) is 2. The van der Waals surface area contributed by atoms with E-state index >= 15 is 0 Å². The van der Waals surface area contributed by atoms with Crippen LogP contribution in [0.4, 0.5) is 0 Å². The van der Waals surface area contributed by atoms with Crippen molar-refractivity contribution < 1.29 is 4.79 Å². The summed E-state index contributed by atoms with van der Waals surface area (Å²) >= 11 is 0. The molecule has 1 saturated heterocycles. The number of aromatic amines is 1. The zero-order valence-corrected chi connectivity index (χ0v) is 16.3. The molecule has 2 atom stereocenters. The number of H-pyrrole nitrogens is 1. The van der Waals surface area contributed by atoms with Gasteiger partial charge in [0.05, 0.1) is 0 Å². The molecule has 2 unspecified atom stereocenters. The fraction of sp³-hybridized carbons (Fsp3) is 0.348. The van der Waals surface area contributed by atoms with Crippen LogP contribution in [0.5, 0.6) is 0 Å². The molecule has 1 amide bonds. The van der Waals surface area contributed by atoms with Gasteiger partial charge < -0.3 is 15.6 Å². The van der Waals surface area contributed by atoms with E-state index in [1.807, 2.05) is 18.3 Å². The molecule has 1 aromatic heterocycles. The first-order valence-corrected chi connectivity index (χ1v) is 9.58. The Morgan fingerprint density at radius 2 is 1.89 bits per heavy atom. The van der Waals surface area contributed by atoms with Crippen molar-refractivity contribution in [2.24, 2.45) is 11.7 Å². The lowest BCUT2D eigenvalue weighted by Gasteiger charge is -2.21. The maximum absolute atomic E-state index is 11.4. The first-order chi connectivity index (χ1) is 12.9. The van der Waals surface area contributed by atoms with Crippen LogP contribution in [0.15, 0.2) is 42.6 Å². The average molecular weight is 361 g/mol. The van der Waals surface area contributed by atoms with Gasteiger partial charge in [0, 0.05) is 41.7 Å². The summed E-state index contributed by atoms with van der Waals surface area (Å²) in [5, 5.41) is 1.35. The maximum atomic E-state index is 11.4. The lowest BCUT2D eigenvalue weighted by Crippen LogP contribution is -2.16. The minimum atomic E-state index is -0.369. The SMILES string of the molecule is Cc1cc(C)c2[nH]ccc2c1CC1CN(C)CC1c1ccc(C(N)=O)cc1. The summed E-state index contributed by atoms with van der Waals surface area (Å²) in [6.45, 7) is 6.52. The Morgan fingerprint density at radius 1 is 1.15 bits per heavy atom. The molecule has 3 aromatic rings. The van der Waals surface area contributed by atoms with Crippen LogP contribution < -0.4 is 5.73 Å². The number of likely N-dealkylation sites (N-methyl/N-ethyl adjacent to an activating group) is 1. The minimum absolute atomic E-state index is 0.369. The molecule has 0 aliphatic carbocycles. The van der Waals surface area contributed by atoms with E-state index in [1.54, 1.807) is 0 Å². The molecule has 1 fully saturated rings. The number of aromatic nitrogens is 1. The van der Waals surface area contributed by atoms with Crippen LogP contribution in [0.3, 0.4) is 0 Å². The number of carbonyl (C=O) groups is 1. The number of primary amides is 1. The summed E-state index contributed by atoms with van der Waals surface area (Å²) in [6.07, 6.45) is 3.11. The molecule has 0 radical (unpaired) electrons. The zero-order chi connectivity index (χ0) is 19.1. The van der Waals surface area contributed by atoms with E-state index in [0.29, 0.717) is 17.4 Å². The predicted octanol–water partition coefficient (Wildman–Crippen LogP) is 3.77. The van der Waals surface area contributed by atoms with Crippen LogP contribution in [-0.2, 0) is 6.42 Å². The number of nitrogens with zero attached hydrogens (tertiary/aromatic N) is 1. The van der Waals surface area contributed by atoms with Gasteiger partial charge in [-0.1, -0.05) is 18.2 Å². The fourth-order valence-electron chi connectivity index (χ4n) is 4.74. The van der Waals surface area contributed by atoms with Gasteiger partial charge in [-0.05, 0) is 73.7 Å². The van der Waals surface area contributed by atoms with Crippen LogP contribution in [0.25, 0.3) is 10.9 Å². The predicted molar refractivity (Wildman–Crippen MR) is 110 cm³/mol. The van der Waals surface area contributed by atoms with Gasteiger partial charge in [-0.15, -0.1) is 0 Å². The van der Waals surface area contributed by atoms with Crippen LogP contribution in [-0.4, -0.2) is 35.9 Å². The zero-order valence-electron chi connectivity index (χ0n) is 16.3. The van der Waals surface area contributed by atoms with Crippen LogP contribution in [0.2, 0.25) is 0 Å². The highest BCUT2D eigenvalue weighted by molar-refractivity contribution is 5.92. The number of aryl methyl sites for hydroxylation is 2. The number of nitrogens with one attached hydrogen (secondary N) is 1. The van der Waals surface area contributed by atoms with E-state index in [1.165, 1.54) is 33.2 Å².